The number of carbonyl (C=O) groups is 1. The Morgan fingerprint density at radius 1 is 1.03 bits per heavy atom. The van der Waals surface area contributed by atoms with Gasteiger partial charge in [-0.1, -0.05) is 0 Å². The fraction of sp³-hybridized carbons (Fsp3) is 0.238. The highest BCUT2D eigenvalue weighted by atomic mass is 32.2. The van der Waals surface area contributed by atoms with Crippen molar-refractivity contribution in [3.05, 3.63) is 71.9 Å². The Hall–Kier alpha value is -3.07. The molecule has 6 nitrogen and oxygen atoms in total. The van der Waals surface area contributed by atoms with Gasteiger partial charge in [0.25, 0.3) is 5.91 Å². The largest absolute Gasteiger partial charge is 0.336 e. The van der Waals surface area contributed by atoms with Crippen molar-refractivity contribution < 1.29 is 22.0 Å². The highest BCUT2D eigenvalue weighted by molar-refractivity contribution is 7.92. The van der Waals surface area contributed by atoms with E-state index in [-0.39, 0.29) is 28.9 Å². The highest BCUT2D eigenvalue weighted by Crippen LogP contribution is 2.25. The minimum atomic E-state index is -3.69. The lowest BCUT2D eigenvalue weighted by atomic mass is 10.1. The standard InChI is InChI=1S/C21H19F2N3O3S/c22-15-5-3-14(4-6-15)19-12-20(25-24-19)21(27)26-11-1-2-18(13-26)30(28,29)17-9-7-16(23)8-10-17/h3-10,12,18H,1-2,11,13H2,(H,24,25). The summed E-state index contributed by atoms with van der Waals surface area (Å²) < 4.78 is 52.1. The number of halogens is 2. The van der Waals surface area contributed by atoms with Gasteiger partial charge in [-0.15, -0.1) is 0 Å². The summed E-state index contributed by atoms with van der Waals surface area (Å²) in [6.45, 7) is 0.475. The first-order valence-electron chi connectivity index (χ1n) is 9.45. The van der Waals surface area contributed by atoms with Crippen molar-refractivity contribution in [1.82, 2.24) is 15.1 Å². The van der Waals surface area contributed by atoms with E-state index in [1.807, 2.05) is 0 Å². The van der Waals surface area contributed by atoms with Gasteiger partial charge >= 0.3 is 0 Å². The number of carbonyl (C=O) groups excluding carboxylic acids is 1. The molecule has 0 spiro atoms. The fourth-order valence-electron chi connectivity index (χ4n) is 3.56. The van der Waals surface area contributed by atoms with Crippen LogP contribution < -0.4 is 0 Å². The quantitative estimate of drug-likeness (QED) is 0.642. The number of likely N-dealkylation sites (tertiary alicyclic amines) is 1. The zero-order valence-electron chi connectivity index (χ0n) is 15.9. The van der Waals surface area contributed by atoms with E-state index in [0.29, 0.717) is 30.6 Å². The summed E-state index contributed by atoms with van der Waals surface area (Å²) in [6.07, 6.45) is 0.961. The van der Waals surface area contributed by atoms with Crippen LogP contribution in [-0.2, 0) is 9.84 Å². The Labute approximate surface area is 172 Å². The van der Waals surface area contributed by atoms with E-state index in [9.17, 15) is 22.0 Å². The van der Waals surface area contributed by atoms with Crippen LogP contribution in [0.4, 0.5) is 8.78 Å². The lowest BCUT2D eigenvalue weighted by molar-refractivity contribution is 0.0721. The Morgan fingerprint density at radius 2 is 1.67 bits per heavy atom. The Morgan fingerprint density at radius 3 is 2.33 bits per heavy atom. The molecule has 1 aliphatic heterocycles. The van der Waals surface area contributed by atoms with E-state index in [1.54, 1.807) is 18.2 Å². The number of H-pyrrole nitrogens is 1. The number of nitrogens with one attached hydrogen (secondary N) is 1. The maximum absolute atomic E-state index is 13.1. The Kier molecular flexibility index (Phi) is 5.38. The van der Waals surface area contributed by atoms with Crippen molar-refractivity contribution in [2.24, 2.45) is 0 Å². The zero-order valence-corrected chi connectivity index (χ0v) is 16.7. The van der Waals surface area contributed by atoms with Gasteiger partial charge in [-0.05, 0) is 67.4 Å². The number of aromatic nitrogens is 2. The first-order valence-corrected chi connectivity index (χ1v) is 11.0. The van der Waals surface area contributed by atoms with E-state index in [4.69, 9.17) is 0 Å². The maximum Gasteiger partial charge on any atom is 0.271 e. The van der Waals surface area contributed by atoms with Crippen LogP contribution in [0.25, 0.3) is 11.3 Å². The van der Waals surface area contributed by atoms with Crippen LogP contribution in [0.3, 0.4) is 0 Å². The van der Waals surface area contributed by atoms with Crippen LogP contribution in [0.15, 0.2) is 59.5 Å². The molecule has 0 radical (unpaired) electrons. The minimum Gasteiger partial charge on any atom is -0.336 e. The summed E-state index contributed by atoms with van der Waals surface area (Å²) in [5.74, 6) is -1.23. The fourth-order valence-corrected chi connectivity index (χ4v) is 5.32. The molecule has 1 aromatic heterocycles. The number of hydrogen-bond acceptors (Lipinski definition) is 4. The van der Waals surface area contributed by atoms with Crippen molar-refractivity contribution in [3.8, 4) is 11.3 Å². The lowest BCUT2D eigenvalue weighted by Gasteiger charge is -2.32. The second-order valence-corrected chi connectivity index (χ2v) is 9.42. The second-order valence-electron chi connectivity index (χ2n) is 7.19. The van der Waals surface area contributed by atoms with E-state index >= 15 is 0 Å². The molecule has 0 saturated carbocycles. The summed E-state index contributed by atoms with van der Waals surface area (Å²) in [6, 6.07) is 12.0. The van der Waals surface area contributed by atoms with Crippen LogP contribution >= 0.6 is 0 Å². The van der Waals surface area contributed by atoms with Crippen molar-refractivity contribution in [1.29, 1.82) is 0 Å². The number of hydrogen-bond donors (Lipinski definition) is 1. The van der Waals surface area contributed by atoms with Gasteiger partial charge in [-0.3, -0.25) is 9.89 Å². The van der Waals surface area contributed by atoms with Crippen molar-refractivity contribution in [2.75, 3.05) is 13.1 Å². The number of aromatic amines is 1. The van der Waals surface area contributed by atoms with E-state index in [0.717, 1.165) is 12.1 Å². The molecule has 0 bridgehead atoms. The molecule has 1 aliphatic rings. The van der Waals surface area contributed by atoms with Crippen LogP contribution in [0.2, 0.25) is 0 Å². The number of piperidine rings is 1. The minimum absolute atomic E-state index is 0.0448. The first kappa shape index (κ1) is 20.2. The molecular formula is C21H19F2N3O3S. The summed E-state index contributed by atoms with van der Waals surface area (Å²) >= 11 is 0. The third kappa shape index (κ3) is 3.97. The normalized spacial score (nSPS) is 17.1. The van der Waals surface area contributed by atoms with E-state index in [2.05, 4.69) is 10.2 Å². The number of nitrogens with zero attached hydrogens (tertiary/aromatic N) is 2. The van der Waals surface area contributed by atoms with Crippen LogP contribution in [-0.4, -0.2) is 47.8 Å². The average Bonchev–Trinajstić information content (AvgIpc) is 3.24. The summed E-state index contributed by atoms with van der Waals surface area (Å²) in [4.78, 5) is 14.4. The van der Waals surface area contributed by atoms with Gasteiger partial charge in [0.05, 0.1) is 15.8 Å². The summed E-state index contributed by atoms with van der Waals surface area (Å²) in [5, 5.41) is 6.02. The highest BCUT2D eigenvalue weighted by Gasteiger charge is 2.34. The monoisotopic (exact) mass is 431 g/mol. The van der Waals surface area contributed by atoms with Crippen molar-refractivity contribution >= 4 is 15.7 Å². The Balaban J connectivity index is 1.51. The van der Waals surface area contributed by atoms with Crippen molar-refractivity contribution in [2.45, 2.75) is 23.0 Å². The van der Waals surface area contributed by atoms with Gasteiger partial charge in [0, 0.05) is 18.7 Å². The third-order valence-corrected chi connectivity index (χ3v) is 7.39. The molecule has 0 aliphatic carbocycles. The van der Waals surface area contributed by atoms with E-state index < -0.39 is 20.9 Å². The molecule has 1 N–H and O–H groups in total. The molecule has 1 amide bonds. The van der Waals surface area contributed by atoms with Gasteiger partial charge in [0.1, 0.15) is 17.3 Å². The molecule has 30 heavy (non-hydrogen) atoms. The SMILES string of the molecule is O=C(c1cc(-c2ccc(F)cc2)n[nH]1)N1CCCC(S(=O)(=O)c2ccc(F)cc2)C1. The topological polar surface area (TPSA) is 83.1 Å². The molecule has 1 atom stereocenters. The predicted molar refractivity (Wildman–Crippen MR) is 106 cm³/mol. The predicted octanol–water partition coefficient (Wildman–Crippen LogP) is 3.43. The van der Waals surface area contributed by atoms with Gasteiger partial charge in [0.15, 0.2) is 9.84 Å². The average molecular weight is 431 g/mol. The van der Waals surface area contributed by atoms with Gasteiger partial charge < -0.3 is 4.90 Å². The molecule has 4 rings (SSSR count). The number of benzene rings is 2. The maximum atomic E-state index is 13.1. The molecule has 2 heterocycles. The van der Waals surface area contributed by atoms with E-state index in [1.165, 1.54) is 29.2 Å². The van der Waals surface area contributed by atoms with Gasteiger partial charge in [-0.25, -0.2) is 17.2 Å². The Bertz CT molecular complexity index is 1160. The molecular weight excluding hydrogens is 412 g/mol. The van der Waals surface area contributed by atoms with Crippen LogP contribution in [0.1, 0.15) is 23.3 Å². The third-order valence-electron chi connectivity index (χ3n) is 5.19. The smallest absolute Gasteiger partial charge is 0.271 e. The van der Waals surface area contributed by atoms with Crippen LogP contribution in [0.5, 0.6) is 0 Å². The van der Waals surface area contributed by atoms with Gasteiger partial charge in [0.2, 0.25) is 0 Å². The van der Waals surface area contributed by atoms with Crippen LogP contribution in [0, 0.1) is 11.6 Å². The molecule has 1 unspecified atom stereocenters. The molecule has 2 aromatic carbocycles. The summed E-state index contributed by atoms with van der Waals surface area (Å²) in [5.41, 5.74) is 1.38. The number of amides is 1. The molecule has 1 saturated heterocycles. The number of sulfone groups is 1. The summed E-state index contributed by atoms with van der Waals surface area (Å²) in [7, 11) is -3.69. The lowest BCUT2D eigenvalue weighted by Crippen LogP contribution is -2.45. The molecule has 9 heteroatoms. The first-order chi connectivity index (χ1) is 14.3. The zero-order chi connectivity index (χ0) is 21.3. The molecule has 1 fully saturated rings. The van der Waals surface area contributed by atoms with Crippen molar-refractivity contribution in [3.63, 3.8) is 0 Å². The van der Waals surface area contributed by atoms with Gasteiger partial charge in [-0.2, -0.15) is 5.10 Å². The second kappa shape index (κ2) is 7.98. The number of rotatable bonds is 4. The molecule has 156 valence electrons. The molecule has 3 aromatic rings.